The van der Waals surface area contributed by atoms with Gasteiger partial charge in [0.15, 0.2) is 0 Å². The van der Waals surface area contributed by atoms with Crippen LogP contribution in [0, 0.1) is 5.92 Å². The Kier molecular flexibility index (Phi) is 9.44. The lowest BCUT2D eigenvalue weighted by Gasteiger charge is -2.35. The summed E-state index contributed by atoms with van der Waals surface area (Å²) in [6, 6.07) is 18.8. The fourth-order valence-electron chi connectivity index (χ4n) is 4.81. The highest BCUT2D eigenvalue weighted by atomic mass is 16.5. The van der Waals surface area contributed by atoms with E-state index in [0.29, 0.717) is 39.1 Å². The number of aliphatic hydroxyl groups excluding tert-OH is 1. The van der Waals surface area contributed by atoms with Crippen molar-refractivity contribution in [2.45, 2.75) is 58.5 Å². The maximum absolute atomic E-state index is 13.0. The standard InChI is InChI=1S/C29H39N5O3/c1-22-16-34(23(2)20-35)29(36)10-7-15-33-18-27(30-31-33)21-37-28(22)19-32(3)17-24-11-13-26(14-12-24)25-8-5-4-6-9-25/h4-6,8-9,11-14,18,22-23,28,35H,7,10,15-17,19-21H2,1-3H3/t22-,23+,28+/m1/s1. The van der Waals surface area contributed by atoms with E-state index in [1.54, 1.807) is 4.68 Å². The summed E-state index contributed by atoms with van der Waals surface area (Å²) >= 11 is 0. The molecule has 2 bridgehead atoms. The second kappa shape index (κ2) is 12.9. The van der Waals surface area contributed by atoms with Crippen molar-refractivity contribution < 1.29 is 14.6 Å². The van der Waals surface area contributed by atoms with E-state index in [9.17, 15) is 9.90 Å². The average molecular weight is 506 g/mol. The quantitative estimate of drug-likeness (QED) is 0.528. The SMILES string of the molecule is C[C@@H]1CN([C@@H](C)CO)C(=O)CCCn2cc(nn2)CO[C@H]1CN(C)Cc1ccc(-c2ccccc2)cc1. The zero-order valence-corrected chi connectivity index (χ0v) is 22.2. The molecule has 2 heterocycles. The van der Waals surface area contributed by atoms with E-state index >= 15 is 0 Å². The van der Waals surface area contributed by atoms with Gasteiger partial charge in [0.05, 0.1) is 31.6 Å². The maximum atomic E-state index is 13.0. The zero-order valence-electron chi connectivity index (χ0n) is 22.2. The Morgan fingerprint density at radius 2 is 1.86 bits per heavy atom. The van der Waals surface area contributed by atoms with Crippen LogP contribution in [0.4, 0.5) is 0 Å². The van der Waals surface area contributed by atoms with Crippen LogP contribution in [0.15, 0.2) is 60.8 Å². The summed E-state index contributed by atoms with van der Waals surface area (Å²) in [6.45, 7) is 6.98. The summed E-state index contributed by atoms with van der Waals surface area (Å²) in [4.78, 5) is 17.1. The number of hydrogen-bond acceptors (Lipinski definition) is 6. The van der Waals surface area contributed by atoms with Crippen LogP contribution in [0.5, 0.6) is 0 Å². The van der Waals surface area contributed by atoms with Gasteiger partial charge >= 0.3 is 0 Å². The van der Waals surface area contributed by atoms with E-state index in [2.05, 4.69) is 77.7 Å². The highest BCUT2D eigenvalue weighted by molar-refractivity contribution is 5.76. The number of likely N-dealkylation sites (N-methyl/N-ethyl adjacent to an activating group) is 1. The number of ether oxygens (including phenoxy) is 1. The summed E-state index contributed by atoms with van der Waals surface area (Å²) in [7, 11) is 2.10. The molecule has 1 N–H and O–H groups in total. The molecule has 1 aliphatic heterocycles. The largest absolute Gasteiger partial charge is 0.394 e. The number of aliphatic hydroxyl groups is 1. The molecule has 0 fully saturated rings. The van der Waals surface area contributed by atoms with E-state index in [0.717, 1.165) is 12.2 Å². The molecule has 8 nitrogen and oxygen atoms in total. The maximum Gasteiger partial charge on any atom is 0.222 e. The second-order valence-electron chi connectivity index (χ2n) is 10.2. The van der Waals surface area contributed by atoms with Crippen molar-refractivity contribution in [1.29, 1.82) is 0 Å². The molecule has 0 spiro atoms. The summed E-state index contributed by atoms with van der Waals surface area (Å²) in [5, 5.41) is 18.2. The van der Waals surface area contributed by atoms with Crippen molar-refractivity contribution in [2.24, 2.45) is 5.92 Å². The summed E-state index contributed by atoms with van der Waals surface area (Å²) in [5.74, 6) is 0.121. The lowest BCUT2D eigenvalue weighted by Crippen LogP contribution is -2.47. The molecule has 0 aliphatic carbocycles. The first-order chi connectivity index (χ1) is 17.9. The Bertz CT molecular complexity index is 1120. The molecule has 3 atom stereocenters. The third kappa shape index (κ3) is 7.47. The van der Waals surface area contributed by atoms with Gasteiger partial charge in [-0.2, -0.15) is 0 Å². The van der Waals surface area contributed by atoms with E-state index in [4.69, 9.17) is 4.74 Å². The molecule has 1 aliphatic rings. The second-order valence-corrected chi connectivity index (χ2v) is 10.2. The van der Waals surface area contributed by atoms with Crippen molar-refractivity contribution >= 4 is 5.91 Å². The Hall–Kier alpha value is -3.07. The van der Waals surface area contributed by atoms with E-state index in [1.165, 1.54) is 16.7 Å². The molecule has 0 unspecified atom stereocenters. The summed E-state index contributed by atoms with van der Waals surface area (Å²) in [6.07, 6.45) is 2.87. The van der Waals surface area contributed by atoms with Crippen LogP contribution in [-0.2, 0) is 29.2 Å². The highest BCUT2D eigenvalue weighted by Gasteiger charge is 2.28. The molecular weight excluding hydrogens is 466 g/mol. The molecule has 3 aromatic rings. The number of nitrogens with zero attached hydrogens (tertiary/aromatic N) is 5. The van der Waals surface area contributed by atoms with Gasteiger partial charge in [0.25, 0.3) is 0 Å². The molecule has 0 saturated heterocycles. The molecule has 1 aromatic heterocycles. The van der Waals surface area contributed by atoms with Crippen molar-refractivity contribution in [1.82, 2.24) is 24.8 Å². The lowest BCUT2D eigenvalue weighted by atomic mass is 10.0. The Morgan fingerprint density at radius 3 is 2.59 bits per heavy atom. The number of aryl methyl sites for hydroxylation is 1. The number of aromatic nitrogens is 3. The van der Waals surface area contributed by atoms with Crippen LogP contribution >= 0.6 is 0 Å². The molecule has 37 heavy (non-hydrogen) atoms. The van der Waals surface area contributed by atoms with Gasteiger partial charge in [-0.05, 0) is 37.1 Å². The Morgan fingerprint density at radius 1 is 1.14 bits per heavy atom. The molecule has 2 aromatic carbocycles. The van der Waals surface area contributed by atoms with Crippen molar-refractivity contribution in [3.63, 3.8) is 0 Å². The Labute approximate surface area is 219 Å². The topological polar surface area (TPSA) is 83.7 Å². The van der Waals surface area contributed by atoms with E-state index in [1.807, 2.05) is 24.1 Å². The molecule has 0 radical (unpaired) electrons. The highest BCUT2D eigenvalue weighted by Crippen LogP contribution is 2.21. The number of fused-ring (bicyclic) bond motifs is 2. The van der Waals surface area contributed by atoms with Crippen LogP contribution < -0.4 is 0 Å². The smallest absolute Gasteiger partial charge is 0.222 e. The van der Waals surface area contributed by atoms with Crippen molar-refractivity contribution in [2.75, 3.05) is 26.7 Å². The van der Waals surface area contributed by atoms with Crippen LogP contribution in [-0.4, -0.2) is 74.7 Å². The van der Waals surface area contributed by atoms with E-state index in [-0.39, 0.29) is 30.6 Å². The van der Waals surface area contributed by atoms with Crippen LogP contribution in [0.2, 0.25) is 0 Å². The summed E-state index contributed by atoms with van der Waals surface area (Å²) < 4.78 is 8.16. The molecule has 1 amide bonds. The Balaban J connectivity index is 1.45. The fraction of sp³-hybridized carbons (Fsp3) is 0.483. The first-order valence-electron chi connectivity index (χ1n) is 13.2. The average Bonchev–Trinajstić information content (AvgIpc) is 3.37. The first kappa shape index (κ1) is 27.0. The number of amides is 1. The lowest BCUT2D eigenvalue weighted by molar-refractivity contribution is -0.136. The third-order valence-corrected chi connectivity index (χ3v) is 7.05. The van der Waals surface area contributed by atoms with Gasteiger partial charge in [0.2, 0.25) is 5.91 Å². The van der Waals surface area contributed by atoms with Gasteiger partial charge in [-0.15, -0.1) is 5.10 Å². The van der Waals surface area contributed by atoms with Gasteiger partial charge in [0.1, 0.15) is 5.69 Å². The van der Waals surface area contributed by atoms with Gasteiger partial charge in [-0.1, -0.05) is 66.7 Å². The fourth-order valence-corrected chi connectivity index (χ4v) is 4.81. The van der Waals surface area contributed by atoms with Gasteiger partial charge < -0.3 is 14.7 Å². The molecule has 8 heteroatoms. The first-order valence-corrected chi connectivity index (χ1v) is 13.2. The monoisotopic (exact) mass is 505 g/mol. The molecular formula is C29H39N5O3. The number of hydrogen-bond donors (Lipinski definition) is 1. The van der Waals surface area contributed by atoms with E-state index < -0.39 is 0 Å². The number of benzene rings is 2. The predicted octanol–water partition coefficient (Wildman–Crippen LogP) is 3.60. The zero-order chi connectivity index (χ0) is 26.2. The molecule has 4 rings (SSSR count). The van der Waals surface area contributed by atoms with Crippen LogP contribution in [0.3, 0.4) is 0 Å². The molecule has 0 saturated carbocycles. The normalized spacial score (nSPS) is 20.2. The van der Waals surface area contributed by atoms with Gasteiger partial charge in [-0.25, -0.2) is 0 Å². The minimum Gasteiger partial charge on any atom is -0.394 e. The number of rotatable bonds is 7. The van der Waals surface area contributed by atoms with Crippen molar-refractivity contribution in [3.8, 4) is 11.1 Å². The third-order valence-electron chi connectivity index (χ3n) is 7.05. The minimum absolute atomic E-state index is 0.0543. The number of carbonyl (C=O) groups excluding carboxylic acids is 1. The minimum atomic E-state index is -0.237. The van der Waals surface area contributed by atoms with Gasteiger partial charge in [0, 0.05) is 38.5 Å². The van der Waals surface area contributed by atoms with Crippen LogP contribution in [0.25, 0.3) is 11.1 Å². The van der Waals surface area contributed by atoms with Gasteiger partial charge in [-0.3, -0.25) is 14.4 Å². The predicted molar refractivity (Wildman–Crippen MR) is 143 cm³/mol. The summed E-state index contributed by atoms with van der Waals surface area (Å²) in [5.41, 5.74) is 4.44. The number of carbonyl (C=O) groups is 1. The molecule has 198 valence electrons. The van der Waals surface area contributed by atoms with Crippen molar-refractivity contribution in [3.05, 3.63) is 72.1 Å². The van der Waals surface area contributed by atoms with Crippen LogP contribution in [0.1, 0.15) is 37.9 Å².